The van der Waals surface area contributed by atoms with E-state index in [0.29, 0.717) is 20.8 Å². The number of nitrogens with zero attached hydrogens (tertiary/aromatic N) is 1. The summed E-state index contributed by atoms with van der Waals surface area (Å²) in [5.41, 5.74) is 1.20. The normalized spacial score (nSPS) is 12.5. The molecule has 36 heavy (non-hydrogen) atoms. The SMILES string of the molecule is CC[C@H](C)NC(=O)[C@@H](Cc1ccccc1)N(Cc1ccccc1F)C(=O)COc1ccc(Cl)cc1Br. The molecule has 0 heterocycles. The van der Waals surface area contributed by atoms with Gasteiger partial charge in [-0.3, -0.25) is 9.59 Å². The molecule has 2 amide bonds. The van der Waals surface area contributed by atoms with Crippen LogP contribution < -0.4 is 10.1 Å². The van der Waals surface area contributed by atoms with E-state index >= 15 is 0 Å². The first-order valence-electron chi connectivity index (χ1n) is 11.7. The molecule has 3 aromatic carbocycles. The first kappa shape index (κ1) is 27.7. The van der Waals surface area contributed by atoms with Gasteiger partial charge in [0.1, 0.15) is 17.6 Å². The summed E-state index contributed by atoms with van der Waals surface area (Å²) < 4.78 is 21.0. The fourth-order valence-electron chi connectivity index (χ4n) is 3.62. The van der Waals surface area contributed by atoms with Crippen LogP contribution in [0.15, 0.2) is 77.3 Å². The number of amides is 2. The largest absolute Gasteiger partial charge is 0.483 e. The van der Waals surface area contributed by atoms with Crippen molar-refractivity contribution in [2.45, 2.75) is 45.3 Å². The summed E-state index contributed by atoms with van der Waals surface area (Å²) in [6.45, 7) is 3.46. The van der Waals surface area contributed by atoms with Crippen LogP contribution in [0.4, 0.5) is 4.39 Å². The molecule has 190 valence electrons. The van der Waals surface area contributed by atoms with Gasteiger partial charge in [-0.1, -0.05) is 67.1 Å². The Morgan fingerprint density at radius 2 is 1.78 bits per heavy atom. The third kappa shape index (κ3) is 7.80. The quantitative estimate of drug-likeness (QED) is 0.297. The maximum Gasteiger partial charge on any atom is 0.261 e. The second-order valence-electron chi connectivity index (χ2n) is 8.50. The topological polar surface area (TPSA) is 58.6 Å². The summed E-state index contributed by atoms with van der Waals surface area (Å²) in [5.74, 6) is -0.759. The van der Waals surface area contributed by atoms with Crippen LogP contribution >= 0.6 is 27.5 Å². The molecule has 1 N–H and O–H groups in total. The summed E-state index contributed by atoms with van der Waals surface area (Å²) in [6.07, 6.45) is 1.01. The van der Waals surface area contributed by atoms with E-state index in [1.807, 2.05) is 44.2 Å². The lowest BCUT2D eigenvalue weighted by atomic mass is 10.0. The lowest BCUT2D eigenvalue weighted by Crippen LogP contribution is -2.53. The monoisotopic (exact) mass is 574 g/mol. The van der Waals surface area contributed by atoms with Crippen LogP contribution in [-0.4, -0.2) is 35.4 Å². The Kier molecular flexibility index (Phi) is 10.3. The maximum absolute atomic E-state index is 14.6. The van der Waals surface area contributed by atoms with Crippen molar-refractivity contribution in [3.8, 4) is 5.75 Å². The highest BCUT2D eigenvalue weighted by Crippen LogP contribution is 2.28. The predicted octanol–water partition coefficient (Wildman–Crippen LogP) is 6.18. The van der Waals surface area contributed by atoms with Crippen molar-refractivity contribution in [1.82, 2.24) is 10.2 Å². The maximum atomic E-state index is 14.6. The number of hydrogen-bond donors (Lipinski definition) is 1. The summed E-state index contributed by atoms with van der Waals surface area (Å²) in [6, 6.07) is 19.7. The van der Waals surface area contributed by atoms with Gasteiger partial charge in [0.25, 0.3) is 5.91 Å². The van der Waals surface area contributed by atoms with Gasteiger partial charge >= 0.3 is 0 Å². The fraction of sp³-hybridized carbons (Fsp3) is 0.286. The minimum Gasteiger partial charge on any atom is -0.483 e. The van der Waals surface area contributed by atoms with Crippen molar-refractivity contribution in [2.24, 2.45) is 0 Å². The van der Waals surface area contributed by atoms with Crippen molar-refractivity contribution < 1.29 is 18.7 Å². The highest BCUT2D eigenvalue weighted by molar-refractivity contribution is 9.10. The van der Waals surface area contributed by atoms with Gasteiger partial charge < -0.3 is 15.0 Å². The van der Waals surface area contributed by atoms with Gasteiger partial charge in [0.05, 0.1) is 4.47 Å². The van der Waals surface area contributed by atoms with E-state index in [1.54, 1.807) is 36.4 Å². The van der Waals surface area contributed by atoms with Gasteiger partial charge in [-0.15, -0.1) is 0 Å². The second-order valence-corrected chi connectivity index (χ2v) is 9.79. The molecule has 0 unspecified atom stereocenters. The fourth-order valence-corrected chi connectivity index (χ4v) is 4.42. The molecule has 0 bridgehead atoms. The Balaban J connectivity index is 1.93. The number of ether oxygens (including phenoxy) is 1. The van der Waals surface area contributed by atoms with E-state index in [0.717, 1.165) is 12.0 Å². The molecule has 0 radical (unpaired) electrons. The van der Waals surface area contributed by atoms with Gasteiger partial charge in [-0.2, -0.15) is 0 Å². The van der Waals surface area contributed by atoms with Crippen molar-refractivity contribution >= 4 is 39.3 Å². The van der Waals surface area contributed by atoms with Gasteiger partial charge in [0, 0.05) is 29.6 Å². The van der Waals surface area contributed by atoms with Crippen molar-refractivity contribution in [3.63, 3.8) is 0 Å². The predicted molar refractivity (Wildman–Crippen MR) is 143 cm³/mol. The number of halogens is 3. The zero-order valence-corrected chi connectivity index (χ0v) is 22.6. The Hall–Kier alpha value is -2.90. The Bertz CT molecular complexity index is 1180. The molecule has 0 aliphatic carbocycles. The number of hydrogen-bond acceptors (Lipinski definition) is 3. The van der Waals surface area contributed by atoms with Crippen molar-refractivity contribution in [3.05, 3.63) is 99.2 Å². The molecule has 0 aromatic heterocycles. The number of benzene rings is 3. The third-order valence-corrected chi connectivity index (χ3v) is 6.67. The summed E-state index contributed by atoms with van der Waals surface area (Å²) in [5, 5.41) is 3.51. The first-order valence-corrected chi connectivity index (χ1v) is 12.9. The van der Waals surface area contributed by atoms with Gasteiger partial charge in [0.15, 0.2) is 6.61 Å². The molecule has 0 fully saturated rings. The van der Waals surface area contributed by atoms with Crippen molar-refractivity contribution in [1.29, 1.82) is 0 Å². The molecule has 5 nitrogen and oxygen atoms in total. The standard InChI is InChI=1S/C28H29BrClFN2O3/c1-3-19(2)32-28(35)25(15-20-9-5-4-6-10-20)33(17-21-11-7-8-12-24(21)31)27(34)18-36-26-14-13-22(30)16-23(26)29/h4-14,16,19,25H,3,15,17-18H2,1-2H3,(H,32,35)/t19-,25+/m0/s1. The molecule has 0 saturated heterocycles. The number of carbonyl (C=O) groups is 2. The third-order valence-electron chi connectivity index (χ3n) is 5.82. The minimum atomic E-state index is -0.870. The van der Waals surface area contributed by atoms with Crippen LogP contribution in [0.2, 0.25) is 5.02 Å². The molecule has 2 atom stereocenters. The lowest BCUT2D eigenvalue weighted by molar-refractivity contribution is -0.143. The Morgan fingerprint density at radius 3 is 2.44 bits per heavy atom. The molecular formula is C28H29BrClFN2O3. The van der Waals surface area contributed by atoms with E-state index in [9.17, 15) is 14.0 Å². The molecule has 0 aliphatic rings. The highest BCUT2D eigenvalue weighted by atomic mass is 79.9. The van der Waals surface area contributed by atoms with E-state index in [4.69, 9.17) is 16.3 Å². The summed E-state index contributed by atoms with van der Waals surface area (Å²) in [7, 11) is 0. The van der Waals surface area contributed by atoms with E-state index in [2.05, 4.69) is 21.2 Å². The molecule has 0 saturated carbocycles. The summed E-state index contributed by atoms with van der Waals surface area (Å²) in [4.78, 5) is 28.4. The minimum absolute atomic E-state index is 0.0811. The highest BCUT2D eigenvalue weighted by Gasteiger charge is 2.31. The van der Waals surface area contributed by atoms with E-state index < -0.39 is 17.8 Å². The van der Waals surface area contributed by atoms with Gasteiger partial charge in [-0.25, -0.2) is 4.39 Å². The van der Waals surface area contributed by atoms with Crippen LogP contribution in [-0.2, 0) is 22.6 Å². The Labute approximate surface area is 224 Å². The van der Waals surface area contributed by atoms with Gasteiger partial charge in [-0.05, 0) is 59.1 Å². The molecule has 8 heteroatoms. The number of carbonyl (C=O) groups excluding carboxylic acids is 2. The second kappa shape index (κ2) is 13.4. The van der Waals surface area contributed by atoms with Crippen LogP contribution in [0.25, 0.3) is 0 Å². The van der Waals surface area contributed by atoms with Gasteiger partial charge in [0.2, 0.25) is 5.91 Å². The average molecular weight is 576 g/mol. The van der Waals surface area contributed by atoms with Crippen LogP contribution in [0.1, 0.15) is 31.4 Å². The number of nitrogens with one attached hydrogen (secondary N) is 1. The first-order chi connectivity index (χ1) is 17.3. The smallest absolute Gasteiger partial charge is 0.261 e. The number of rotatable bonds is 11. The molecular weight excluding hydrogens is 547 g/mol. The zero-order valence-electron chi connectivity index (χ0n) is 20.2. The van der Waals surface area contributed by atoms with E-state index in [1.165, 1.54) is 11.0 Å². The zero-order chi connectivity index (χ0) is 26.1. The molecule has 3 aromatic rings. The molecule has 0 aliphatic heterocycles. The Morgan fingerprint density at radius 1 is 1.08 bits per heavy atom. The van der Waals surface area contributed by atoms with Crippen molar-refractivity contribution in [2.75, 3.05) is 6.61 Å². The summed E-state index contributed by atoms with van der Waals surface area (Å²) >= 11 is 9.38. The molecule has 3 rings (SSSR count). The van der Waals surface area contributed by atoms with Crippen LogP contribution in [0.3, 0.4) is 0 Å². The van der Waals surface area contributed by atoms with E-state index in [-0.39, 0.29) is 31.5 Å². The lowest BCUT2D eigenvalue weighted by Gasteiger charge is -2.32. The van der Waals surface area contributed by atoms with Crippen LogP contribution in [0, 0.1) is 5.82 Å². The molecule has 0 spiro atoms. The van der Waals surface area contributed by atoms with Crippen LogP contribution in [0.5, 0.6) is 5.75 Å². The average Bonchev–Trinajstić information content (AvgIpc) is 2.87.